The number of aliphatic carboxylic acids is 1. The molecule has 0 atom stereocenters. The van der Waals surface area contributed by atoms with Gasteiger partial charge in [-0.05, 0) is 41.3 Å². The number of rotatable bonds is 6. The van der Waals surface area contributed by atoms with E-state index in [9.17, 15) is 17.6 Å². The minimum Gasteiger partial charge on any atom is -0.475 e. The van der Waals surface area contributed by atoms with E-state index in [4.69, 9.17) is 9.90 Å². The highest BCUT2D eigenvalue weighted by Gasteiger charge is 2.38. The average Bonchev–Trinajstić information content (AvgIpc) is 3.22. The molecule has 35 heavy (non-hydrogen) atoms. The Labute approximate surface area is 200 Å². The predicted molar refractivity (Wildman–Crippen MR) is 126 cm³/mol. The van der Waals surface area contributed by atoms with Gasteiger partial charge in [0.1, 0.15) is 5.82 Å². The summed E-state index contributed by atoms with van der Waals surface area (Å²) in [4.78, 5) is 13.5. The fourth-order valence-corrected chi connectivity index (χ4v) is 3.60. The molecule has 182 valence electrons. The standard InChI is InChI=1S/C25H23FN2.C2HF3O2/c1-2-9-24-25(22-14-6-7-15-23(22)26)27-18-28(24)17-19-10-8-13-21(16-19)20-11-4-3-5-12-20;3-2(4,5)1(6)7/h3-8,10-16,18H,2,9,17H2,1H3;(H,6,7). The van der Waals surface area contributed by atoms with E-state index in [1.165, 1.54) is 22.8 Å². The molecule has 1 heterocycles. The molecule has 8 heteroatoms. The van der Waals surface area contributed by atoms with E-state index in [0.717, 1.165) is 30.8 Å². The molecule has 4 rings (SSSR count). The molecule has 1 aromatic heterocycles. The molecular formula is C27H24F4N2O2. The molecule has 0 spiro atoms. The summed E-state index contributed by atoms with van der Waals surface area (Å²) < 4.78 is 48.2. The van der Waals surface area contributed by atoms with Crippen molar-refractivity contribution in [1.29, 1.82) is 0 Å². The molecule has 4 nitrogen and oxygen atoms in total. The zero-order valence-corrected chi connectivity index (χ0v) is 19.0. The number of carboxylic acids is 1. The Hall–Kier alpha value is -3.94. The van der Waals surface area contributed by atoms with Gasteiger partial charge in [-0.1, -0.05) is 74.0 Å². The molecule has 0 aliphatic heterocycles. The van der Waals surface area contributed by atoms with Gasteiger partial charge in [0.2, 0.25) is 0 Å². The van der Waals surface area contributed by atoms with E-state index in [1.54, 1.807) is 12.1 Å². The lowest BCUT2D eigenvalue weighted by molar-refractivity contribution is -0.192. The first-order valence-corrected chi connectivity index (χ1v) is 10.9. The van der Waals surface area contributed by atoms with E-state index in [1.807, 2.05) is 18.5 Å². The summed E-state index contributed by atoms with van der Waals surface area (Å²) in [6, 6.07) is 25.8. The molecule has 0 fully saturated rings. The predicted octanol–water partition coefficient (Wildman–Crippen LogP) is 6.99. The van der Waals surface area contributed by atoms with Gasteiger partial charge in [-0.3, -0.25) is 0 Å². The van der Waals surface area contributed by atoms with E-state index in [-0.39, 0.29) is 5.82 Å². The summed E-state index contributed by atoms with van der Waals surface area (Å²) in [5, 5.41) is 7.12. The molecular weight excluding hydrogens is 460 g/mol. The van der Waals surface area contributed by atoms with E-state index >= 15 is 0 Å². The summed E-state index contributed by atoms with van der Waals surface area (Å²) in [7, 11) is 0. The average molecular weight is 484 g/mol. The highest BCUT2D eigenvalue weighted by atomic mass is 19.4. The number of hydrogen-bond acceptors (Lipinski definition) is 2. The smallest absolute Gasteiger partial charge is 0.475 e. The Morgan fingerprint density at radius 3 is 2.20 bits per heavy atom. The maximum atomic E-state index is 14.3. The van der Waals surface area contributed by atoms with Gasteiger partial charge < -0.3 is 9.67 Å². The largest absolute Gasteiger partial charge is 0.490 e. The molecule has 0 amide bonds. The molecule has 3 aromatic carbocycles. The summed E-state index contributed by atoms with van der Waals surface area (Å²) in [5.41, 5.74) is 6.01. The highest BCUT2D eigenvalue weighted by molar-refractivity contribution is 5.73. The lowest BCUT2D eigenvalue weighted by atomic mass is 10.0. The van der Waals surface area contributed by atoms with Crippen LogP contribution in [-0.2, 0) is 17.8 Å². The summed E-state index contributed by atoms with van der Waals surface area (Å²) in [5.74, 6) is -2.98. The van der Waals surface area contributed by atoms with Crippen molar-refractivity contribution in [2.45, 2.75) is 32.5 Å². The van der Waals surface area contributed by atoms with E-state index < -0.39 is 12.1 Å². The van der Waals surface area contributed by atoms with Crippen molar-refractivity contribution in [2.24, 2.45) is 0 Å². The first-order valence-electron chi connectivity index (χ1n) is 10.9. The summed E-state index contributed by atoms with van der Waals surface area (Å²) in [6.45, 7) is 2.86. The van der Waals surface area contributed by atoms with Crippen LogP contribution >= 0.6 is 0 Å². The third-order valence-electron chi connectivity index (χ3n) is 5.19. The quantitative estimate of drug-likeness (QED) is 0.300. The minimum absolute atomic E-state index is 0.226. The summed E-state index contributed by atoms with van der Waals surface area (Å²) >= 11 is 0. The Kier molecular flexibility index (Phi) is 8.41. The molecule has 0 unspecified atom stereocenters. The Balaban J connectivity index is 0.000000429. The van der Waals surface area contributed by atoms with Crippen LogP contribution in [0, 0.1) is 5.82 Å². The first kappa shape index (κ1) is 25.7. The van der Waals surface area contributed by atoms with Gasteiger partial charge in [0.15, 0.2) is 0 Å². The first-order chi connectivity index (χ1) is 16.7. The van der Waals surface area contributed by atoms with Crippen LogP contribution in [0.15, 0.2) is 85.2 Å². The summed E-state index contributed by atoms with van der Waals surface area (Å²) in [6.07, 6.45) is -1.40. The second kappa shape index (κ2) is 11.5. The number of benzene rings is 3. The number of carbonyl (C=O) groups is 1. The number of aromatic nitrogens is 2. The molecule has 0 saturated heterocycles. The van der Waals surface area contributed by atoms with E-state index in [0.29, 0.717) is 5.56 Å². The van der Waals surface area contributed by atoms with Crippen molar-refractivity contribution in [3.05, 3.63) is 102 Å². The molecule has 1 N–H and O–H groups in total. The van der Waals surface area contributed by atoms with Gasteiger partial charge in [-0.2, -0.15) is 13.2 Å². The third kappa shape index (κ3) is 6.79. The SMILES string of the molecule is CCCc1c(-c2ccccc2F)ncn1Cc1cccc(-c2ccccc2)c1.O=C(O)C(F)(F)F. The highest BCUT2D eigenvalue weighted by Crippen LogP contribution is 2.27. The molecule has 0 aliphatic carbocycles. The van der Waals surface area contributed by atoms with Crippen molar-refractivity contribution >= 4 is 5.97 Å². The lowest BCUT2D eigenvalue weighted by Gasteiger charge is -2.11. The molecule has 0 saturated carbocycles. The number of halogens is 4. The van der Waals surface area contributed by atoms with Gasteiger partial charge in [-0.15, -0.1) is 0 Å². The van der Waals surface area contributed by atoms with Gasteiger partial charge in [0, 0.05) is 17.8 Å². The van der Waals surface area contributed by atoms with Crippen LogP contribution in [0.2, 0.25) is 0 Å². The van der Waals surface area contributed by atoms with Crippen LogP contribution in [0.25, 0.3) is 22.4 Å². The number of alkyl halides is 3. The number of carboxylic acid groups (broad SMARTS) is 1. The number of hydrogen-bond donors (Lipinski definition) is 1. The zero-order valence-electron chi connectivity index (χ0n) is 19.0. The maximum Gasteiger partial charge on any atom is 0.490 e. The van der Waals surface area contributed by atoms with E-state index in [2.05, 4.69) is 65.0 Å². The fraction of sp³-hybridized carbons (Fsp3) is 0.185. The second-order valence-electron chi connectivity index (χ2n) is 7.77. The molecule has 4 aromatic rings. The van der Waals surface area contributed by atoms with Crippen LogP contribution in [-0.4, -0.2) is 26.8 Å². The van der Waals surface area contributed by atoms with Crippen LogP contribution < -0.4 is 0 Å². The monoisotopic (exact) mass is 484 g/mol. The molecule has 0 radical (unpaired) electrons. The van der Waals surface area contributed by atoms with Crippen molar-refractivity contribution < 1.29 is 27.5 Å². The second-order valence-corrected chi connectivity index (χ2v) is 7.77. The van der Waals surface area contributed by atoms with Crippen molar-refractivity contribution in [2.75, 3.05) is 0 Å². The van der Waals surface area contributed by atoms with Crippen LogP contribution in [0.3, 0.4) is 0 Å². The third-order valence-corrected chi connectivity index (χ3v) is 5.19. The Bertz CT molecular complexity index is 1270. The lowest BCUT2D eigenvalue weighted by Crippen LogP contribution is -2.21. The van der Waals surface area contributed by atoms with Crippen molar-refractivity contribution in [3.63, 3.8) is 0 Å². The Morgan fingerprint density at radius 1 is 0.943 bits per heavy atom. The van der Waals surface area contributed by atoms with Gasteiger partial charge >= 0.3 is 12.1 Å². The fourth-order valence-electron chi connectivity index (χ4n) is 3.60. The van der Waals surface area contributed by atoms with Crippen LogP contribution in [0.5, 0.6) is 0 Å². The molecule has 0 bridgehead atoms. The van der Waals surface area contributed by atoms with Crippen molar-refractivity contribution in [1.82, 2.24) is 9.55 Å². The normalized spacial score (nSPS) is 11.0. The Morgan fingerprint density at radius 2 is 1.57 bits per heavy atom. The zero-order chi connectivity index (χ0) is 25.4. The van der Waals surface area contributed by atoms with Gasteiger partial charge in [-0.25, -0.2) is 14.2 Å². The van der Waals surface area contributed by atoms with Crippen molar-refractivity contribution in [3.8, 4) is 22.4 Å². The number of nitrogens with zero attached hydrogens (tertiary/aromatic N) is 2. The minimum atomic E-state index is -5.08. The van der Waals surface area contributed by atoms with Gasteiger partial charge in [0.05, 0.1) is 12.0 Å². The van der Waals surface area contributed by atoms with Crippen LogP contribution in [0.4, 0.5) is 17.6 Å². The topological polar surface area (TPSA) is 55.1 Å². The number of imidazole rings is 1. The molecule has 0 aliphatic rings. The van der Waals surface area contributed by atoms with Crippen LogP contribution in [0.1, 0.15) is 24.6 Å². The van der Waals surface area contributed by atoms with Gasteiger partial charge in [0.25, 0.3) is 0 Å². The maximum absolute atomic E-state index is 14.3.